The lowest BCUT2D eigenvalue weighted by Gasteiger charge is -2.08. The number of hydrogen-bond acceptors (Lipinski definition) is 2. The molecule has 2 nitrogen and oxygen atoms in total. The Morgan fingerprint density at radius 1 is 0.923 bits per heavy atom. The smallest absolute Gasteiger partial charge is 0.255 e. The number of carbonyl (C=O) groups is 1. The van der Waals surface area contributed by atoms with Gasteiger partial charge in [0.1, 0.15) is 0 Å². The molecule has 3 aromatic carbocycles. The van der Waals surface area contributed by atoms with Gasteiger partial charge in [0.15, 0.2) is 0 Å². The zero-order valence-electron chi connectivity index (χ0n) is 13.5. The summed E-state index contributed by atoms with van der Waals surface area (Å²) >= 11 is 17.1. The molecule has 0 unspecified atom stereocenters. The quantitative estimate of drug-likeness (QED) is 0.399. The van der Waals surface area contributed by atoms with E-state index in [1.165, 1.54) is 10.5 Å². The van der Waals surface area contributed by atoms with Crippen LogP contribution in [0.4, 0.5) is 5.69 Å². The third-order valence-corrected chi connectivity index (χ3v) is 5.60. The number of anilines is 1. The highest BCUT2D eigenvalue weighted by atomic mass is 79.9. The number of carbonyl (C=O) groups excluding carboxylic acids is 1. The second-order valence-corrected chi connectivity index (χ2v) is 8.39. The van der Waals surface area contributed by atoms with Gasteiger partial charge in [0.05, 0.1) is 0 Å². The van der Waals surface area contributed by atoms with Crippen molar-refractivity contribution < 1.29 is 4.79 Å². The summed E-state index contributed by atoms with van der Waals surface area (Å²) in [6, 6.07) is 20.8. The number of rotatable bonds is 5. The number of hydrogen-bond donors (Lipinski definition) is 1. The lowest BCUT2D eigenvalue weighted by molar-refractivity contribution is 0.102. The Bertz CT molecular complexity index is 894. The maximum absolute atomic E-state index is 12.3. The molecule has 0 aliphatic carbocycles. The van der Waals surface area contributed by atoms with Gasteiger partial charge >= 0.3 is 0 Å². The molecule has 1 N–H and O–H groups in total. The fraction of sp³-hybridized carbons (Fsp3) is 0.0500. The lowest BCUT2D eigenvalue weighted by Crippen LogP contribution is -2.11. The van der Waals surface area contributed by atoms with Gasteiger partial charge in [0.25, 0.3) is 5.91 Å². The van der Waals surface area contributed by atoms with Gasteiger partial charge in [-0.1, -0.05) is 51.3 Å². The van der Waals surface area contributed by atoms with Crippen molar-refractivity contribution in [2.45, 2.75) is 10.6 Å². The van der Waals surface area contributed by atoms with Crippen molar-refractivity contribution in [2.24, 2.45) is 0 Å². The summed E-state index contributed by atoms with van der Waals surface area (Å²) in [5, 5.41) is 3.72. The number of halogens is 3. The molecule has 1 amide bonds. The van der Waals surface area contributed by atoms with Gasteiger partial charge in [-0.15, -0.1) is 11.8 Å². The average Bonchev–Trinajstić information content (AvgIpc) is 2.61. The zero-order valence-corrected chi connectivity index (χ0v) is 17.4. The number of benzene rings is 3. The fourth-order valence-corrected chi connectivity index (χ4v) is 3.91. The molecule has 6 heteroatoms. The Kier molecular flexibility index (Phi) is 6.65. The molecular weight excluding hydrogens is 453 g/mol. The van der Waals surface area contributed by atoms with Crippen LogP contribution in [-0.4, -0.2) is 5.91 Å². The van der Waals surface area contributed by atoms with Gasteiger partial charge in [0.2, 0.25) is 0 Å². The van der Waals surface area contributed by atoms with E-state index in [1.807, 2.05) is 36.4 Å². The molecule has 3 aromatic rings. The van der Waals surface area contributed by atoms with Gasteiger partial charge in [-0.2, -0.15) is 0 Å². The maximum Gasteiger partial charge on any atom is 0.255 e. The van der Waals surface area contributed by atoms with Crippen LogP contribution < -0.4 is 5.32 Å². The Morgan fingerprint density at radius 3 is 2.15 bits per heavy atom. The van der Waals surface area contributed by atoms with Crippen LogP contribution in [0.15, 0.2) is 76.1 Å². The first-order valence-corrected chi connectivity index (χ1v) is 10.3. The van der Waals surface area contributed by atoms with E-state index < -0.39 is 0 Å². The molecule has 0 saturated carbocycles. The standard InChI is InChI=1S/C20H14BrCl2NOS/c21-15-3-7-19(8-4-15)26-12-13-1-5-18(6-2-13)24-20(25)14-9-16(22)11-17(23)10-14/h1-11H,12H2,(H,24,25). The molecule has 0 atom stereocenters. The minimum atomic E-state index is -0.244. The van der Waals surface area contributed by atoms with Crippen molar-refractivity contribution in [3.05, 3.63) is 92.4 Å². The topological polar surface area (TPSA) is 29.1 Å². The van der Waals surface area contributed by atoms with Gasteiger partial charge in [-0.25, -0.2) is 0 Å². The van der Waals surface area contributed by atoms with E-state index in [0.29, 0.717) is 15.6 Å². The Morgan fingerprint density at radius 2 is 1.54 bits per heavy atom. The SMILES string of the molecule is O=C(Nc1ccc(CSc2ccc(Br)cc2)cc1)c1cc(Cl)cc(Cl)c1. The van der Waals surface area contributed by atoms with Gasteiger partial charge in [-0.3, -0.25) is 4.79 Å². The van der Waals surface area contributed by atoms with E-state index in [-0.39, 0.29) is 5.91 Å². The van der Waals surface area contributed by atoms with Crippen LogP contribution in [0.25, 0.3) is 0 Å². The second kappa shape index (κ2) is 8.96. The lowest BCUT2D eigenvalue weighted by atomic mass is 10.2. The maximum atomic E-state index is 12.3. The van der Waals surface area contributed by atoms with Crippen molar-refractivity contribution in [1.29, 1.82) is 0 Å². The minimum absolute atomic E-state index is 0.244. The van der Waals surface area contributed by atoms with Gasteiger partial charge in [0, 0.05) is 36.4 Å². The highest BCUT2D eigenvalue weighted by Gasteiger charge is 2.08. The van der Waals surface area contributed by atoms with Crippen molar-refractivity contribution in [3.8, 4) is 0 Å². The Hall–Kier alpha value is -1.46. The molecule has 0 radical (unpaired) electrons. The monoisotopic (exact) mass is 465 g/mol. The van der Waals surface area contributed by atoms with Crippen LogP contribution in [0.5, 0.6) is 0 Å². The summed E-state index contributed by atoms with van der Waals surface area (Å²) in [6.07, 6.45) is 0. The summed E-state index contributed by atoms with van der Waals surface area (Å²) < 4.78 is 1.07. The molecule has 0 aliphatic heterocycles. The van der Waals surface area contributed by atoms with E-state index in [4.69, 9.17) is 23.2 Å². The number of thioether (sulfide) groups is 1. The van der Waals surface area contributed by atoms with Gasteiger partial charge in [-0.05, 0) is 60.2 Å². The van der Waals surface area contributed by atoms with Crippen molar-refractivity contribution in [3.63, 3.8) is 0 Å². The van der Waals surface area contributed by atoms with Crippen LogP contribution in [0.3, 0.4) is 0 Å². The predicted octanol–water partition coefficient (Wildman–Crippen LogP) is 7.30. The van der Waals surface area contributed by atoms with E-state index in [0.717, 1.165) is 15.9 Å². The summed E-state index contributed by atoms with van der Waals surface area (Å²) in [7, 11) is 0. The van der Waals surface area contributed by atoms with Crippen LogP contribution in [0, 0.1) is 0 Å². The zero-order chi connectivity index (χ0) is 18.5. The second-order valence-electron chi connectivity index (χ2n) is 5.55. The minimum Gasteiger partial charge on any atom is -0.322 e. The first-order chi connectivity index (χ1) is 12.5. The van der Waals surface area contributed by atoms with E-state index in [2.05, 4.69) is 33.4 Å². The van der Waals surface area contributed by atoms with Crippen LogP contribution in [0.1, 0.15) is 15.9 Å². The summed E-state index contributed by atoms with van der Waals surface area (Å²) in [5.74, 6) is 0.617. The largest absolute Gasteiger partial charge is 0.322 e. The highest BCUT2D eigenvalue weighted by molar-refractivity contribution is 9.10. The van der Waals surface area contributed by atoms with Crippen LogP contribution >= 0.6 is 50.9 Å². The molecule has 0 spiro atoms. The number of amides is 1. The van der Waals surface area contributed by atoms with Crippen LogP contribution in [0.2, 0.25) is 10.0 Å². The van der Waals surface area contributed by atoms with Gasteiger partial charge < -0.3 is 5.32 Å². The third kappa shape index (κ3) is 5.52. The van der Waals surface area contributed by atoms with Crippen LogP contribution in [-0.2, 0) is 5.75 Å². The van der Waals surface area contributed by atoms with E-state index in [1.54, 1.807) is 30.0 Å². The summed E-state index contributed by atoms with van der Waals surface area (Å²) in [4.78, 5) is 13.5. The molecule has 0 bridgehead atoms. The summed E-state index contributed by atoms with van der Waals surface area (Å²) in [5.41, 5.74) is 2.34. The Labute approximate surface area is 175 Å². The molecular formula is C20H14BrCl2NOS. The normalized spacial score (nSPS) is 10.6. The average molecular weight is 467 g/mol. The molecule has 0 saturated heterocycles. The molecule has 26 heavy (non-hydrogen) atoms. The van der Waals surface area contributed by atoms with E-state index >= 15 is 0 Å². The first kappa shape index (κ1) is 19.3. The highest BCUT2D eigenvalue weighted by Crippen LogP contribution is 2.25. The molecule has 0 fully saturated rings. The molecule has 0 heterocycles. The third-order valence-electron chi connectivity index (χ3n) is 3.56. The fourth-order valence-electron chi connectivity index (χ4n) is 2.27. The summed E-state index contributed by atoms with van der Waals surface area (Å²) in [6.45, 7) is 0. The number of nitrogens with one attached hydrogen (secondary N) is 1. The molecule has 0 aliphatic rings. The predicted molar refractivity (Wildman–Crippen MR) is 115 cm³/mol. The van der Waals surface area contributed by atoms with Crippen molar-refractivity contribution in [2.75, 3.05) is 5.32 Å². The van der Waals surface area contributed by atoms with E-state index in [9.17, 15) is 4.79 Å². The molecule has 3 rings (SSSR count). The van der Waals surface area contributed by atoms with Crippen molar-refractivity contribution >= 4 is 62.5 Å². The molecule has 132 valence electrons. The first-order valence-electron chi connectivity index (χ1n) is 7.74. The van der Waals surface area contributed by atoms with Crippen molar-refractivity contribution in [1.82, 2.24) is 0 Å². The Balaban J connectivity index is 1.60. The molecule has 0 aromatic heterocycles.